The van der Waals surface area contributed by atoms with Gasteiger partial charge < -0.3 is 9.47 Å². The Morgan fingerprint density at radius 2 is 1.88 bits per heavy atom. The second-order valence-corrected chi connectivity index (χ2v) is 5.77. The minimum Gasteiger partial charge on any atom is -0.491 e. The molecule has 1 heterocycles. The molecule has 3 rings (SSSR count). The summed E-state index contributed by atoms with van der Waals surface area (Å²) in [7, 11) is 0. The Morgan fingerprint density at radius 1 is 1.12 bits per heavy atom. The molecule has 0 aliphatic carbocycles. The highest BCUT2D eigenvalue weighted by Gasteiger charge is 2.16. The fourth-order valence-electron chi connectivity index (χ4n) is 2.49. The lowest BCUT2D eigenvalue weighted by molar-refractivity contribution is 0.0679. The van der Waals surface area contributed by atoms with Crippen LogP contribution >= 0.6 is 0 Å². The van der Waals surface area contributed by atoms with Crippen molar-refractivity contribution in [3.05, 3.63) is 59.4 Å². The predicted octanol–water partition coefficient (Wildman–Crippen LogP) is 3.42. The third-order valence-corrected chi connectivity index (χ3v) is 3.92. The van der Waals surface area contributed by atoms with Crippen LogP contribution in [0.15, 0.2) is 36.4 Å². The van der Waals surface area contributed by atoms with Crippen molar-refractivity contribution in [2.24, 2.45) is 0 Å². The van der Waals surface area contributed by atoms with Crippen LogP contribution in [0.3, 0.4) is 0 Å². The monoisotopic (exact) mass is 366 g/mol. The highest BCUT2D eigenvalue weighted by molar-refractivity contribution is 5.95. The Morgan fingerprint density at radius 3 is 2.58 bits per heavy atom. The van der Waals surface area contributed by atoms with Crippen LogP contribution < -0.4 is 15.6 Å². The first-order valence-electron chi connectivity index (χ1n) is 8.09. The molecule has 2 aromatic rings. The van der Waals surface area contributed by atoms with E-state index in [-0.39, 0.29) is 17.4 Å². The maximum atomic E-state index is 13.5. The van der Waals surface area contributed by atoms with E-state index in [0.29, 0.717) is 12.4 Å². The minimum atomic E-state index is -1.61. The second kappa shape index (κ2) is 8.09. The molecule has 1 amide bonds. The van der Waals surface area contributed by atoms with E-state index in [0.717, 1.165) is 31.6 Å². The van der Waals surface area contributed by atoms with E-state index in [9.17, 15) is 18.0 Å². The number of ether oxygens (including phenoxy) is 2. The molecule has 5 nitrogen and oxygen atoms in total. The van der Waals surface area contributed by atoms with E-state index in [1.807, 2.05) is 0 Å². The molecule has 2 N–H and O–H groups in total. The lowest BCUT2D eigenvalue weighted by atomic mass is 10.2. The van der Waals surface area contributed by atoms with Crippen molar-refractivity contribution < 1.29 is 27.4 Å². The molecule has 1 aliphatic rings. The number of rotatable bonds is 6. The number of hydrogen-bond donors (Lipinski definition) is 2. The smallest absolute Gasteiger partial charge is 0.269 e. The summed E-state index contributed by atoms with van der Waals surface area (Å²) >= 11 is 0. The SMILES string of the molecule is O=C(NNc1ccc(F)c(F)c1F)c1ccc(OC[C@H]2CCCO2)cc1. The number of halogens is 3. The fourth-order valence-corrected chi connectivity index (χ4v) is 2.49. The Balaban J connectivity index is 1.54. The van der Waals surface area contributed by atoms with Crippen molar-refractivity contribution in [3.63, 3.8) is 0 Å². The van der Waals surface area contributed by atoms with E-state index in [1.54, 1.807) is 12.1 Å². The van der Waals surface area contributed by atoms with Gasteiger partial charge in [-0.15, -0.1) is 0 Å². The molecular formula is C18H17F3N2O3. The summed E-state index contributed by atoms with van der Waals surface area (Å²) in [5.41, 5.74) is 4.35. The lowest BCUT2D eigenvalue weighted by Gasteiger charge is -2.12. The Hall–Kier alpha value is -2.74. The van der Waals surface area contributed by atoms with E-state index in [2.05, 4.69) is 10.9 Å². The average molecular weight is 366 g/mol. The van der Waals surface area contributed by atoms with Crippen molar-refractivity contribution in [2.75, 3.05) is 18.6 Å². The normalized spacial score (nSPS) is 16.3. The van der Waals surface area contributed by atoms with Crippen LogP contribution in [0.1, 0.15) is 23.2 Å². The van der Waals surface area contributed by atoms with Crippen LogP contribution in [-0.4, -0.2) is 25.2 Å². The summed E-state index contributed by atoms with van der Waals surface area (Å²) in [4.78, 5) is 12.0. The van der Waals surface area contributed by atoms with E-state index in [1.165, 1.54) is 12.1 Å². The molecule has 1 saturated heterocycles. The molecule has 0 aromatic heterocycles. The largest absolute Gasteiger partial charge is 0.491 e. The molecule has 138 valence electrons. The first kappa shape index (κ1) is 18.1. The van der Waals surface area contributed by atoms with Crippen LogP contribution in [0, 0.1) is 17.5 Å². The van der Waals surface area contributed by atoms with Gasteiger partial charge in [-0.3, -0.25) is 15.6 Å². The molecule has 2 aromatic carbocycles. The Kier molecular flexibility index (Phi) is 5.62. The van der Waals surface area contributed by atoms with Crippen molar-refractivity contribution in [3.8, 4) is 5.75 Å². The van der Waals surface area contributed by atoms with Crippen molar-refractivity contribution >= 4 is 11.6 Å². The predicted molar refractivity (Wildman–Crippen MR) is 88.3 cm³/mol. The summed E-state index contributed by atoms with van der Waals surface area (Å²) in [6.07, 6.45) is 2.08. The standard InChI is InChI=1S/C18H17F3N2O3/c19-14-7-8-15(17(21)16(14)20)22-23-18(24)11-3-5-12(6-4-11)26-10-13-2-1-9-25-13/h3-8,13,22H,1-2,9-10H2,(H,23,24)/t13-/m1/s1. The van der Waals surface area contributed by atoms with Crippen LogP contribution in [0.5, 0.6) is 5.75 Å². The van der Waals surface area contributed by atoms with E-state index >= 15 is 0 Å². The molecule has 1 atom stereocenters. The molecule has 8 heteroatoms. The quantitative estimate of drug-likeness (QED) is 0.608. The lowest BCUT2D eigenvalue weighted by Crippen LogP contribution is -2.30. The van der Waals surface area contributed by atoms with Crippen LogP contribution in [0.25, 0.3) is 0 Å². The number of anilines is 1. The number of carbonyl (C=O) groups is 1. The number of nitrogens with one attached hydrogen (secondary N) is 2. The molecule has 1 fully saturated rings. The second-order valence-electron chi connectivity index (χ2n) is 5.77. The van der Waals surface area contributed by atoms with Gasteiger partial charge in [-0.05, 0) is 49.2 Å². The van der Waals surface area contributed by atoms with Crippen LogP contribution in [0.4, 0.5) is 18.9 Å². The number of carbonyl (C=O) groups excluding carboxylic acids is 1. The van der Waals surface area contributed by atoms with Gasteiger partial charge in [0.1, 0.15) is 12.4 Å². The highest BCUT2D eigenvalue weighted by Crippen LogP contribution is 2.19. The zero-order chi connectivity index (χ0) is 18.5. The van der Waals surface area contributed by atoms with Gasteiger partial charge >= 0.3 is 0 Å². The number of amides is 1. The molecule has 0 saturated carbocycles. The van der Waals surface area contributed by atoms with Gasteiger partial charge in [-0.25, -0.2) is 13.2 Å². The number of hydrogen-bond acceptors (Lipinski definition) is 4. The number of benzene rings is 2. The maximum Gasteiger partial charge on any atom is 0.269 e. The summed E-state index contributed by atoms with van der Waals surface area (Å²) < 4.78 is 50.6. The van der Waals surface area contributed by atoms with Crippen LogP contribution in [-0.2, 0) is 4.74 Å². The summed E-state index contributed by atoms with van der Waals surface area (Å²) in [5.74, 6) is -4.31. The van der Waals surface area contributed by atoms with Crippen molar-refractivity contribution in [2.45, 2.75) is 18.9 Å². The summed E-state index contributed by atoms with van der Waals surface area (Å²) in [6.45, 7) is 1.20. The van der Waals surface area contributed by atoms with E-state index in [4.69, 9.17) is 9.47 Å². The third kappa shape index (κ3) is 4.26. The fraction of sp³-hybridized carbons (Fsp3) is 0.278. The van der Waals surface area contributed by atoms with Gasteiger partial charge in [0.25, 0.3) is 5.91 Å². The van der Waals surface area contributed by atoms with Crippen LogP contribution in [0.2, 0.25) is 0 Å². The maximum absolute atomic E-state index is 13.5. The van der Waals surface area contributed by atoms with Gasteiger partial charge in [0.05, 0.1) is 11.8 Å². The molecule has 0 bridgehead atoms. The minimum absolute atomic E-state index is 0.0909. The van der Waals surface area contributed by atoms with Gasteiger partial charge in [0, 0.05) is 12.2 Å². The van der Waals surface area contributed by atoms with Gasteiger partial charge in [0.15, 0.2) is 17.5 Å². The van der Waals surface area contributed by atoms with Gasteiger partial charge in [-0.1, -0.05) is 0 Å². The van der Waals surface area contributed by atoms with Crippen molar-refractivity contribution in [1.82, 2.24) is 5.43 Å². The average Bonchev–Trinajstić information content (AvgIpc) is 3.18. The molecule has 1 aliphatic heterocycles. The molecule has 26 heavy (non-hydrogen) atoms. The third-order valence-electron chi connectivity index (χ3n) is 3.92. The van der Waals surface area contributed by atoms with E-state index < -0.39 is 23.4 Å². The molecular weight excluding hydrogens is 349 g/mol. The van der Waals surface area contributed by atoms with Gasteiger partial charge in [0.2, 0.25) is 0 Å². The first-order valence-corrected chi connectivity index (χ1v) is 8.09. The first-order chi connectivity index (χ1) is 12.5. The molecule has 0 spiro atoms. The zero-order valence-corrected chi connectivity index (χ0v) is 13.7. The summed E-state index contributed by atoms with van der Waals surface area (Å²) in [6, 6.07) is 8.06. The Bertz CT molecular complexity index is 778. The van der Waals surface area contributed by atoms with Crippen molar-refractivity contribution in [1.29, 1.82) is 0 Å². The number of hydrazine groups is 1. The molecule has 0 unspecified atom stereocenters. The summed E-state index contributed by atoms with van der Waals surface area (Å²) in [5, 5.41) is 0. The highest BCUT2D eigenvalue weighted by atomic mass is 19.2. The topological polar surface area (TPSA) is 59.6 Å². The zero-order valence-electron chi connectivity index (χ0n) is 13.7. The van der Waals surface area contributed by atoms with Gasteiger partial charge in [-0.2, -0.15) is 0 Å². The Labute approximate surface area is 148 Å². The molecule has 0 radical (unpaired) electrons.